The lowest BCUT2D eigenvalue weighted by Crippen LogP contribution is -2.45. The number of aromatic amines is 1. The van der Waals surface area contributed by atoms with Gasteiger partial charge in [-0.25, -0.2) is 0 Å². The van der Waals surface area contributed by atoms with Crippen LogP contribution in [0.5, 0.6) is 0 Å². The Kier molecular flexibility index (Phi) is 4.37. The summed E-state index contributed by atoms with van der Waals surface area (Å²) in [5.74, 6) is 0.161. The van der Waals surface area contributed by atoms with E-state index in [1.165, 1.54) is 0 Å². The van der Waals surface area contributed by atoms with Gasteiger partial charge in [0.1, 0.15) is 0 Å². The number of aromatic nitrogens is 2. The summed E-state index contributed by atoms with van der Waals surface area (Å²) in [5.41, 5.74) is 2.92. The maximum atomic E-state index is 12.8. The van der Waals surface area contributed by atoms with E-state index in [4.69, 9.17) is 0 Å². The molecular weight excluding hydrogens is 312 g/mol. The van der Waals surface area contributed by atoms with Gasteiger partial charge in [-0.05, 0) is 31.0 Å². The van der Waals surface area contributed by atoms with Crippen LogP contribution in [0, 0.1) is 0 Å². The fourth-order valence-corrected chi connectivity index (χ4v) is 3.50. The van der Waals surface area contributed by atoms with Crippen molar-refractivity contribution in [3.63, 3.8) is 0 Å². The SMILES string of the molecule is O=C(Cc1[nH]nc2ccccc12)N1CCCC(Nc2ccccc2)C1. The molecule has 0 saturated carbocycles. The Morgan fingerprint density at radius 2 is 1.96 bits per heavy atom. The van der Waals surface area contributed by atoms with Crippen molar-refractivity contribution in [2.24, 2.45) is 0 Å². The van der Waals surface area contributed by atoms with Crippen LogP contribution in [0.3, 0.4) is 0 Å². The topological polar surface area (TPSA) is 61.0 Å². The normalized spacial score (nSPS) is 17.6. The number of piperidine rings is 1. The third-order valence-corrected chi connectivity index (χ3v) is 4.79. The molecule has 1 aromatic heterocycles. The molecule has 2 aromatic carbocycles. The van der Waals surface area contributed by atoms with E-state index in [0.717, 1.165) is 48.2 Å². The number of hydrogen-bond donors (Lipinski definition) is 2. The van der Waals surface area contributed by atoms with E-state index in [9.17, 15) is 4.79 Å². The van der Waals surface area contributed by atoms with Crippen molar-refractivity contribution in [3.8, 4) is 0 Å². The number of fused-ring (bicyclic) bond motifs is 1. The minimum atomic E-state index is 0.161. The number of hydrogen-bond acceptors (Lipinski definition) is 3. The number of H-pyrrole nitrogens is 1. The fourth-order valence-electron chi connectivity index (χ4n) is 3.50. The smallest absolute Gasteiger partial charge is 0.228 e. The zero-order chi connectivity index (χ0) is 17.1. The van der Waals surface area contributed by atoms with Crippen LogP contribution >= 0.6 is 0 Å². The summed E-state index contributed by atoms with van der Waals surface area (Å²) in [6, 6.07) is 18.4. The molecule has 0 spiro atoms. The second-order valence-electron chi connectivity index (χ2n) is 6.59. The lowest BCUT2D eigenvalue weighted by Gasteiger charge is -2.33. The summed E-state index contributed by atoms with van der Waals surface area (Å²) < 4.78 is 0. The van der Waals surface area contributed by atoms with Gasteiger partial charge < -0.3 is 10.2 Å². The third kappa shape index (κ3) is 3.50. The summed E-state index contributed by atoms with van der Waals surface area (Å²) in [6.07, 6.45) is 2.49. The minimum Gasteiger partial charge on any atom is -0.381 e. The van der Waals surface area contributed by atoms with Crippen molar-refractivity contribution in [3.05, 3.63) is 60.3 Å². The van der Waals surface area contributed by atoms with Gasteiger partial charge in [-0.2, -0.15) is 5.10 Å². The first-order valence-corrected chi connectivity index (χ1v) is 8.81. The molecule has 2 N–H and O–H groups in total. The van der Waals surface area contributed by atoms with Crippen molar-refractivity contribution >= 4 is 22.5 Å². The monoisotopic (exact) mass is 334 g/mol. The van der Waals surface area contributed by atoms with E-state index in [2.05, 4.69) is 27.6 Å². The number of carbonyl (C=O) groups excluding carboxylic acids is 1. The quantitative estimate of drug-likeness (QED) is 0.770. The van der Waals surface area contributed by atoms with Gasteiger partial charge in [-0.1, -0.05) is 36.4 Å². The van der Waals surface area contributed by atoms with E-state index >= 15 is 0 Å². The molecule has 25 heavy (non-hydrogen) atoms. The third-order valence-electron chi connectivity index (χ3n) is 4.79. The predicted octanol–water partition coefficient (Wildman–Crippen LogP) is 3.21. The molecule has 3 aromatic rings. The van der Waals surface area contributed by atoms with Crippen LogP contribution in [0.25, 0.3) is 10.9 Å². The molecule has 0 aliphatic carbocycles. The van der Waals surface area contributed by atoms with Crippen LogP contribution in [-0.4, -0.2) is 40.1 Å². The maximum Gasteiger partial charge on any atom is 0.228 e. The van der Waals surface area contributed by atoms with Gasteiger partial charge in [0, 0.05) is 30.2 Å². The first-order chi connectivity index (χ1) is 12.3. The van der Waals surface area contributed by atoms with Crippen LogP contribution in [0.1, 0.15) is 18.5 Å². The number of amides is 1. The summed E-state index contributed by atoms with van der Waals surface area (Å²) in [5, 5.41) is 11.9. The summed E-state index contributed by atoms with van der Waals surface area (Å²) in [4.78, 5) is 14.7. The number of likely N-dealkylation sites (tertiary alicyclic amines) is 1. The molecule has 5 heteroatoms. The molecule has 0 radical (unpaired) electrons. The number of para-hydroxylation sites is 2. The predicted molar refractivity (Wildman–Crippen MR) is 99.5 cm³/mol. The van der Waals surface area contributed by atoms with Gasteiger partial charge in [0.05, 0.1) is 17.6 Å². The number of nitrogens with one attached hydrogen (secondary N) is 2. The van der Waals surface area contributed by atoms with E-state index < -0.39 is 0 Å². The van der Waals surface area contributed by atoms with Gasteiger partial charge >= 0.3 is 0 Å². The van der Waals surface area contributed by atoms with Crippen LogP contribution in [0.4, 0.5) is 5.69 Å². The molecule has 1 aliphatic heterocycles. The van der Waals surface area contributed by atoms with Crippen LogP contribution in [-0.2, 0) is 11.2 Å². The Labute approximate surface area is 147 Å². The molecule has 1 fully saturated rings. The summed E-state index contributed by atoms with van der Waals surface area (Å²) in [6.45, 7) is 1.58. The number of carbonyl (C=O) groups is 1. The molecule has 1 amide bonds. The standard InChI is InChI=1S/C20H22N4O/c25-20(13-19-17-10-4-5-11-18(17)22-23-19)24-12-6-9-16(14-24)21-15-7-2-1-3-8-15/h1-5,7-8,10-11,16,21H,6,9,12-14H2,(H,22,23). The zero-order valence-electron chi connectivity index (χ0n) is 14.1. The van der Waals surface area contributed by atoms with Crippen LogP contribution < -0.4 is 5.32 Å². The Hall–Kier alpha value is -2.82. The fraction of sp³-hybridized carbons (Fsp3) is 0.300. The molecule has 4 rings (SSSR count). The van der Waals surface area contributed by atoms with Gasteiger partial charge in [-0.3, -0.25) is 9.89 Å². The van der Waals surface area contributed by atoms with Crippen molar-refractivity contribution in [2.75, 3.05) is 18.4 Å². The first kappa shape index (κ1) is 15.7. The highest BCUT2D eigenvalue weighted by Crippen LogP contribution is 2.19. The highest BCUT2D eigenvalue weighted by molar-refractivity contribution is 5.87. The van der Waals surface area contributed by atoms with E-state index in [-0.39, 0.29) is 5.91 Å². The zero-order valence-corrected chi connectivity index (χ0v) is 14.1. The van der Waals surface area contributed by atoms with Crippen LogP contribution in [0.2, 0.25) is 0 Å². The molecule has 2 heterocycles. The molecule has 1 aliphatic rings. The molecular formula is C20H22N4O. The minimum absolute atomic E-state index is 0.161. The van der Waals surface area contributed by atoms with Gasteiger partial charge in [0.2, 0.25) is 5.91 Å². The summed E-state index contributed by atoms with van der Waals surface area (Å²) >= 11 is 0. The number of anilines is 1. The Bertz CT molecular complexity index is 858. The highest BCUT2D eigenvalue weighted by atomic mass is 16.2. The Balaban J connectivity index is 1.41. The first-order valence-electron chi connectivity index (χ1n) is 8.81. The number of rotatable bonds is 4. The van der Waals surface area contributed by atoms with Gasteiger partial charge in [0.25, 0.3) is 0 Å². The van der Waals surface area contributed by atoms with Gasteiger partial charge in [-0.15, -0.1) is 0 Å². The molecule has 1 atom stereocenters. The average molecular weight is 334 g/mol. The number of benzene rings is 2. The number of nitrogens with zero attached hydrogens (tertiary/aromatic N) is 2. The van der Waals surface area contributed by atoms with Crippen molar-refractivity contribution in [1.82, 2.24) is 15.1 Å². The Morgan fingerprint density at radius 3 is 2.84 bits per heavy atom. The molecule has 5 nitrogen and oxygen atoms in total. The largest absolute Gasteiger partial charge is 0.381 e. The van der Waals surface area contributed by atoms with Crippen LogP contribution in [0.15, 0.2) is 54.6 Å². The average Bonchev–Trinajstić information content (AvgIpc) is 3.06. The van der Waals surface area contributed by atoms with E-state index in [1.54, 1.807) is 0 Å². The second kappa shape index (κ2) is 6.97. The van der Waals surface area contributed by atoms with E-state index in [1.807, 2.05) is 47.4 Å². The summed E-state index contributed by atoms with van der Waals surface area (Å²) in [7, 11) is 0. The van der Waals surface area contributed by atoms with Gasteiger partial charge in [0.15, 0.2) is 0 Å². The maximum absolute atomic E-state index is 12.8. The van der Waals surface area contributed by atoms with E-state index in [0.29, 0.717) is 12.5 Å². The second-order valence-corrected chi connectivity index (χ2v) is 6.59. The van der Waals surface area contributed by atoms with Crippen molar-refractivity contribution < 1.29 is 4.79 Å². The molecule has 1 unspecified atom stereocenters. The van der Waals surface area contributed by atoms with Crippen molar-refractivity contribution in [2.45, 2.75) is 25.3 Å². The lowest BCUT2D eigenvalue weighted by atomic mass is 10.0. The Morgan fingerprint density at radius 1 is 1.16 bits per heavy atom. The molecule has 0 bridgehead atoms. The highest BCUT2D eigenvalue weighted by Gasteiger charge is 2.24. The lowest BCUT2D eigenvalue weighted by molar-refractivity contribution is -0.131. The molecule has 128 valence electrons. The molecule has 1 saturated heterocycles. The van der Waals surface area contributed by atoms with Crippen molar-refractivity contribution in [1.29, 1.82) is 0 Å².